The molecule has 0 radical (unpaired) electrons. The molecule has 2 aromatic carbocycles. The van der Waals surface area contributed by atoms with E-state index >= 15 is 0 Å². The van der Waals surface area contributed by atoms with Gasteiger partial charge in [-0.15, -0.1) is 0 Å². The molecule has 2 rings (SSSR count). The summed E-state index contributed by atoms with van der Waals surface area (Å²) in [5, 5.41) is 2.73. The first-order valence-electron chi connectivity index (χ1n) is 6.31. The van der Waals surface area contributed by atoms with Gasteiger partial charge in [-0.1, -0.05) is 30.3 Å². The van der Waals surface area contributed by atoms with Gasteiger partial charge in [-0.3, -0.25) is 4.79 Å². The van der Waals surface area contributed by atoms with Crippen molar-refractivity contribution in [3.05, 3.63) is 59.4 Å². The summed E-state index contributed by atoms with van der Waals surface area (Å²) < 4.78 is 18.9. The fraction of sp³-hybridized carbons (Fsp3) is 0.188. The topological polar surface area (TPSA) is 38.3 Å². The van der Waals surface area contributed by atoms with Crippen LogP contribution in [0.3, 0.4) is 0 Å². The fourth-order valence-corrected chi connectivity index (χ4v) is 1.77. The standard InChI is InChI=1S/C16H16FNO2/c1-11-6-3-4-8-13(11)18-15(19)10-20-14-9-5-7-12(2)16(14)17/h3-9H,10H2,1-2H3,(H,18,19). The number of para-hydroxylation sites is 1. The van der Waals surface area contributed by atoms with Gasteiger partial charge in [0.25, 0.3) is 5.91 Å². The molecule has 0 aromatic heterocycles. The van der Waals surface area contributed by atoms with Crippen LogP contribution in [0, 0.1) is 19.7 Å². The Labute approximate surface area is 117 Å². The normalized spacial score (nSPS) is 10.2. The molecule has 0 fully saturated rings. The Bertz CT molecular complexity index is 626. The lowest BCUT2D eigenvalue weighted by atomic mass is 10.2. The molecule has 0 bridgehead atoms. The van der Waals surface area contributed by atoms with Crippen molar-refractivity contribution in [3.8, 4) is 5.75 Å². The predicted molar refractivity (Wildman–Crippen MR) is 76.4 cm³/mol. The fourth-order valence-electron chi connectivity index (χ4n) is 1.77. The number of ether oxygens (including phenoxy) is 1. The third-order valence-electron chi connectivity index (χ3n) is 2.93. The van der Waals surface area contributed by atoms with Gasteiger partial charge in [0, 0.05) is 5.69 Å². The van der Waals surface area contributed by atoms with Crippen LogP contribution in [-0.2, 0) is 4.79 Å². The number of carbonyl (C=O) groups excluding carboxylic acids is 1. The zero-order valence-electron chi connectivity index (χ0n) is 11.4. The van der Waals surface area contributed by atoms with Crippen molar-refractivity contribution in [3.63, 3.8) is 0 Å². The highest BCUT2D eigenvalue weighted by molar-refractivity contribution is 5.92. The first-order valence-corrected chi connectivity index (χ1v) is 6.31. The van der Waals surface area contributed by atoms with Crippen molar-refractivity contribution < 1.29 is 13.9 Å². The monoisotopic (exact) mass is 273 g/mol. The maximum absolute atomic E-state index is 13.7. The van der Waals surface area contributed by atoms with E-state index in [1.807, 2.05) is 25.1 Å². The van der Waals surface area contributed by atoms with E-state index in [1.165, 1.54) is 6.07 Å². The van der Waals surface area contributed by atoms with Crippen molar-refractivity contribution in [1.29, 1.82) is 0 Å². The number of halogens is 1. The average molecular weight is 273 g/mol. The Kier molecular flexibility index (Phi) is 4.35. The van der Waals surface area contributed by atoms with Crippen molar-refractivity contribution in [2.45, 2.75) is 13.8 Å². The van der Waals surface area contributed by atoms with Gasteiger partial charge in [-0.05, 0) is 37.1 Å². The van der Waals surface area contributed by atoms with E-state index in [9.17, 15) is 9.18 Å². The van der Waals surface area contributed by atoms with Crippen LogP contribution in [0.2, 0.25) is 0 Å². The average Bonchev–Trinajstić information content (AvgIpc) is 2.43. The minimum atomic E-state index is -0.434. The Morgan fingerprint density at radius 3 is 2.55 bits per heavy atom. The number of carbonyl (C=O) groups is 1. The van der Waals surface area contributed by atoms with Gasteiger partial charge in [0.1, 0.15) is 0 Å². The van der Waals surface area contributed by atoms with Gasteiger partial charge in [-0.25, -0.2) is 4.39 Å². The molecule has 20 heavy (non-hydrogen) atoms. The van der Waals surface area contributed by atoms with E-state index in [-0.39, 0.29) is 18.3 Å². The number of rotatable bonds is 4. The lowest BCUT2D eigenvalue weighted by Gasteiger charge is -2.10. The molecule has 3 nitrogen and oxygen atoms in total. The van der Waals surface area contributed by atoms with Crippen LogP contribution in [0.15, 0.2) is 42.5 Å². The molecule has 0 saturated heterocycles. The Hall–Kier alpha value is -2.36. The zero-order chi connectivity index (χ0) is 14.5. The van der Waals surface area contributed by atoms with Crippen LogP contribution < -0.4 is 10.1 Å². The van der Waals surface area contributed by atoms with Gasteiger partial charge in [0.2, 0.25) is 0 Å². The molecule has 104 valence electrons. The summed E-state index contributed by atoms with van der Waals surface area (Å²) in [6, 6.07) is 12.3. The SMILES string of the molecule is Cc1ccccc1NC(=O)COc1cccc(C)c1F. The Balaban J connectivity index is 1.96. The molecule has 1 N–H and O–H groups in total. The molecule has 0 saturated carbocycles. The van der Waals surface area contributed by atoms with E-state index in [4.69, 9.17) is 4.74 Å². The highest BCUT2D eigenvalue weighted by Gasteiger charge is 2.09. The maximum Gasteiger partial charge on any atom is 0.262 e. The molecule has 0 aliphatic rings. The van der Waals surface area contributed by atoms with E-state index in [1.54, 1.807) is 25.1 Å². The van der Waals surface area contributed by atoms with Crippen LogP contribution in [-0.4, -0.2) is 12.5 Å². The molecule has 4 heteroatoms. The first-order chi connectivity index (χ1) is 9.58. The third kappa shape index (κ3) is 3.35. The summed E-state index contributed by atoms with van der Waals surface area (Å²) in [5.41, 5.74) is 2.18. The molecule has 0 unspecified atom stereocenters. The summed E-state index contributed by atoms with van der Waals surface area (Å²) in [7, 11) is 0. The molecule has 0 spiro atoms. The van der Waals surface area contributed by atoms with Crippen LogP contribution in [0.1, 0.15) is 11.1 Å². The smallest absolute Gasteiger partial charge is 0.262 e. The van der Waals surface area contributed by atoms with Crippen LogP contribution in [0.25, 0.3) is 0 Å². The van der Waals surface area contributed by atoms with Crippen molar-refractivity contribution in [2.24, 2.45) is 0 Å². The van der Waals surface area contributed by atoms with Crippen LogP contribution in [0.4, 0.5) is 10.1 Å². The summed E-state index contributed by atoms with van der Waals surface area (Å²) >= 11 is 0. The van der Waals surface area contributed by atoms with Crippen molar-refractivity contribution >= 4 is 11.6 Å². The summed E-state index contributed by atoms with van der Waals surface area (Å²) in [4.78, 5) is 11.8. The highest BCUT2D eigenvalue weighted by atomic mass is 19.1. The van der Waals surface area contributed by atoms with Crippen molar-refractivity contribution in [1.82, 2.24) is 0 Å². The molecular formula is C16H16FNO2. The molecule has 2 aromatic rings. The lowest BCUT2D eigenvalue weighted by Crippen LogP contribution is -2.21. The molecule has 1 amide bonds. The molecular weight excluding hydrogens is 257 g/mol. The Morgan fingerprint density at radius 2 is 1.80 bits per heavy atom. The molecule has 0 aliphatic carbocycles. The highest BCUT2D eigenvalue weighted by Crippen LogP contribution is 2.19. The molecule has 0 aliphatic heterocycles. The van der Waals surface area contributed by atoms with Crippen LogP contribution >= 0.6 is 0 Å². The van der Waals surface area contributed by atoms with Gasteiger partial charge in [-0.2, -0.15) is 0 Å². The number of aryl methyl sites for hydroxylation is 2. The number of hydrogen-bond acceptors (Lipinski definition) is 2. The molecule has 0 atom stereocenters. The van der Waals surface area contributed by atoms with E-state index < -0.39 is 5.82 Å². The second kappa shape index (κ2) is 6.19. The minimum Gasteiger partial charge on any atom is -0.481 e. The van der Waals surface area contributed by atoms with Crippen molar-refractivity contribution in [2.75, 3.05) is 11.9 Å². The number of hydrogen-bond donors (Lipinski definition) is 1. The predicted octanol–water partition coefficient (Wildman–Crippen LogP) is 3.46. The number of amides is 1. The summed E-state index contributed by atoms with van der Waals surface area (Å²) in [6.07, 6.45) is 0. The second-order valence-corrected chi connectivity index (χ2v) is 4.54. The maximum atomic E-state index is 13.7. The largest absolute Gasteiger partial charge is 0.481 e. The van der Waals surface area contributed by atoms with Gasteiger partial charge in [0.05, 0.1) is 0 Å². The first kappa shape index (κ1) is 14.1. The van der Waals surface area contributed by atoms with Gasteiger partial charge in [0.15, 0.2) is 18.2 Å². The van der Waals surface area contributed by atoms with Gasteiger partial charge < -0.3 is 10.1 Å². The van der Waals surface area contributed by atoms with Crippen LogP contribution in [0.5, 0.6) is 5.75 Å². The third-order valence-corrected chi connectivity index (χ3v) is 2.93. The number of benzene rings is 2. The number of anilines is 1. The minimum absolute atomic E-state index is 0.0879. The summed E-state index contributed by atoms with van der Waals surface area (Å²) in [6.45, 7) is 3.32. The zero-order valence-corrected chi connectivity index (χ0v) is 11.4. The number of nitrogens with one attached hydrogen (secondary N) is 1. The lowest BCUT2D eigenvalue weighted by molar-refractivity contribution is -0.118. The van der Waals surface area contributed by atoms with E-state index in [0.29, 0.717) is 5.56 Å². The molecule has 0 heterocycles. The van der Waals surface area contributed by atoms with E-state index in [2.05, 4.69) is 5.32 Å². The van der Waals surface area contributed by atoms with E-state index in [0.717, 1.165) is 11.3 Å². The quantitative estimate of drug-likeness (QED) is 0.926. The summed E-state index contributed by atoms with van der Waals surface area (Å²) in [5.74, 6) is -0.665. The second-order valence-electron chi connectivity index (χ2n) is 4.54. The van der Waals surface area contributed by atoms with Gasteiger partial charge >= 0.3 is 0 Å². The Morgan fingerprint density at radius 1 is 1.10 bits per heavy atom.